The van der Waals surface area contributed by atoms with Gasteiger partial charge in [-0.05, 0) is 83.8 Å². The molecule has 3 heterocycles. The minimum atomic E-state index is -3.59. The van der Waals surface area contributed by atoms with E-state index in [9.17, 15) is 18.0 Å². The van der Waals surface area contributed by atoms with Crippen LogP contribution in [0.15, 0.2) is 29.2 Å². The number of likely N-dealkylation sites (N-methyl/N-ethyl adjacent to an activating group) is 1. The van der Waals surface area contributed by atoms with Crippen molar-refractivity contribution >= 4 is 21.8 Å². The van der Waals surface area contributed by atoms with Crippen LogP contribution in [0.4, 0.5) is 0 Å². The molecule has 12 heteroatoms. The maximum atomic E-state index is 13.9. The Kier molecular flexibility index (Phi) is 11.5. The van der Waals surface area contributed by atoms with Crippen molar-refractivity contribution in [2.75, 3.05) is 46.8 Å². The van der Waals surface area contributed by atoms with Crippen molar-refractivity contribution in [1.29, 1.82) is 0 Å². The summed E-state index contributed by atoms with van der Waals surface area (Å²) in [7, 11) is 0.213. The summed E-state index contributed by atoms with van der Waals surface area (Å²) in [5.74, 6) is 0.677. The van der Waals surface area contributed by atoms with Gasteiger partial charge in [-0.15, -0.1) is 0 Å². The van der Waals surface area contributed by atoms with Crippen LogP contribution in [0.3, 0.4) is 0 Å². The SMILES string of the molecule is CCCCN1C(=O)[C@H](CC2CCCCC2)NC(=O)C12CCN(Cc1c(C)nn(-c3ccc(S(=O)(=O)NCCN(C)C)cc3)c1C)CC2. The van der Waals surface area contributed by atoms with Crippen LogP contribution in [0.2, 0.25) is 0 Å². The second kappa shape index (κ2) is 15.2. The fourth-order valence-electron chi connectivity index (χ4n) is 7.64. The lowest BCUT2D eigenvalue weighted by Crippen LogP contribution is -2.73. The lowest BCUT2D eigenvalue weighted by Gasteiger charge is -2.52. The van der Waals surface area contributed by atoms with Gasteiger partial charge in [-0.3, -0.25) is 14.5 Å². The highest BCUT2D eigenvalue weighted by Crippen LogP contribution is 2.36. The van der Waals surface area contributed by atoms with Gasteiger partial charge < -0.3 is 15.1 Å². The van der Waals surface area contributed by atoms with Gasteiger partial charge in [0.15, 0.2) is 0 Å². The first-order valence-electron chi connectivity index (χ1n) is 17.6. The number of likely N-dealkylation sites (tertiary alicyclic amines) is 1. The average molecular weight is 670 g/mol. The van der Waals surface area contributed by atoms with Gasteiger partial charge in [0.2, 0.25) is 21.8 Å². The van der Waals surface area contributed by atoms with Crippen molar-refractivity contribution < 1.29 is 18.0 Å². The van der Waals surface area contributed by atoms with Crippen molar-refractivity contribution in [1.82, 2.24) is 34.5 Å². The van der Waals surface area contributed by atoms with Crippen molar-refractivity contribution in [3.05, 3.63) is 41.2 Å². The van der Waals surface area contributed by atoms with Crippen LogP contribution in [0.5, 0.6) is 0 Å². The van der Waals surface area contributed by atoms with Crippen molar-refractivity contribution in [3.8, 4) is 5.69 Å². The first kappa shape index (κ1) is 35.5. The molecule has 2 aliphatic heterocycles. The van der Waals surface area contributed by atoms with Gasteiger partial charge in [-0.2, -0.15) is 5.10 Å². The molecule has 2 amide bonds. The Hall–Kier alpha value is -2.80. The largest absolute Gasteiger partial charge is 0.342 e. The number of nitrogens with zero attached hydrogens (tertiary/aromatic N) is 5. The number of nitrogens with one attached hydrogen (secondary N) is 2. The molecule has 1 aromatic heterocycles. The Morgan fingerprint density at radius 1 is 1.04 bits per heavy atom. The quantitative estimate of drug-likeness (QED) is 0.334. The number of hydrogen-bond donors (Lipinski definition) is 2. The van der Waals surface area contributed by atoms with Crippen LogP contribution in [-0.4, -0.2) is 103 Å². The third-order valence-electron chi connectivity index (χ3n) is 10.6. The van der Waals surface area contributed by atoms with Crippen molar-refractivity contribution in [2.45, 2.75) is 108 Å². The summed E-state index contributed by atoms with van der Waals surface area (Å²) in [4.78, 5) is 34.3. The summed E-state index contributed by atoms with van der Waals surface area (Å²) in [6.45, 7) is 9.91. The molecular formula is C35H55N7O4S. The van der Waals surface area contributed by atoms with E-state index in [1.165, 1.54) is 19.3 Å². The Bertz CT molecular complexity index is 1490. The lowest BCUT2D eigenvalue weighted by molar-refractivity contribution is -0.162. The van der Waals surface area contributed by atoms with Crippen LogP contribution >= 0.6 is 0 Å². The highest BCUT2D eigenvalue weighted by Gasteiger charge is 2.53. The molecule has 2 saturated heterocycles. The van der Waals surface area contributed by atoms with E-state index in [1.54, 1.807) is 24.3 Å². The number of benzene rings is 1. The molecule has 3 fully saturated rings. The monoisotopic (exact) mass is 669 g/mol. The summed E-state index contributed by atoms with van der Waals surface area (Å²) in [6.07, 6.45) is 9.93. The molecule has 11 nitrogen and oxygen atoms in total. The molecule has 0 bridgehead atoms. The standard InChI is InChI=1S/C35H55N7O4S/c1-6-7-20-41-33(43)32(24-28-11-9-8-10-12-28)37-34(44)35(41)17-21-40(22-18-35)25-31-26(2)38-42(27(31)3)29-13-15-30(16-14-29)47(45,46)36-19-23-39(4)5/h13-16,28,32,36H,6-12,17-25H2,1-5H3,(H,37,44)/t32-/m0/s1. The third-order valence-corrected chi connectivity index (χ3v) is 12.1. The Labute approximate surface area is 281 Å². The maximum absolute atomic E-state index is 13.9. The molecule has 0 unspecified atom stereocenters. The summed E-state index contributed by atoms with van der Waals surface area (Å²) in [5.41, 5.74) is 3.08. The molecule has 1 atom stereocenters. The van der Waals surface area contributed by atoms with Gasteiger partial charge in [-0.1, -0.05) is 45.4 Å². The Morgan fingerprint density at radius 2 is 1.72 bits per heavy atom. The zero-order valence-corrected chi connectivity index (χ0v) is 29.9. The van der Waals surface area contributed by atoms with E-state index in [0.717, 1.165) is 54.7 Å². The molecule has 1 spiro atoms. The van der Waals surface area contributed by atoms with Crippen LogP contribution in [0.25, 0.3) is 5.69 Å². The van der Waals surface area contributed by atoms with Crippen LogP contribution < -0.4 is 10.0 Å². The number of carbonyl (C=O) groups is 2. The maximum Gasteiger partial charge on any atom is 0.246 e. The minimum Gasteiger partial charge on any atom is -0.342 e. The van der Waals surface area contributed by atoms with Crippen LogP contribution in [-0.2, 0) is 26.2 Å². The molecule has 2 aromatic rings. The summed E-state index contributed by atoms with van der Waals surface area (Å²) in [6, 6.07) is 6.43. The first-order chi connectivity index (χ1) is 22.4. The van der Waals surface area contributed by atoms with E-state index in [1.807, 2.05) is 42.4 Å². The Morgan fingerprint density at radius 3 is 2.36 bits per heavy atom. The van der Waals surface area contributed by atoms with Crippen LogP contribution in [0.1, 0.15) is 88.1 Å². The Balaban J connectivity index is 1.24. The van der Waals surface area contributed by atoms with Crippen molar-refractivity contribution in [2.24, 2.45) is 5.92 Å². The second-order valence-electron chi connectivity index (χ2n) is 14.2. The number of rotatable bonds is 13. The highest BCUT2D eigenvalue weighted by molar-refractivity contribution is 7.89. The molecule has 5 rings (SSSR count). The van der Waals surface area contributed by atoms with Gasteiger partial charge in [0, 0.05) is 50.5 Å². The first-order valence-corrected chi connectivity index (χ1v) is 19.1. The number of aromatic nitrogens is 2. The van der Waals surface area contributed by atoms with Gasteiger partial charge in [0.25, 0.3) is 0 Å². The molecule has 47 heavy (non-hydrogen) atoms. The second-order valence-corrected chi connectivity index (χ2v) is 15.9. The smallest absolute Gasteiger partial charge is 0.246 e. The number of hydrogen-bond acceptors (Lipinski definition) is 7. The number of piperazine rings is 1. The molecule has 260 valence electrons. The van der Waals surface area contributed by atoms with E-state index in [0.29, 0.717) is 58.0 Å². The number of unbranched alkanes of at least 4 members (excludes halogenated alkanes) is 1. The van der Waals surface area contributed by atoms with E-state index in [2.05, 4.69) is 21.9 Å². The topological polar surface area (TPSA) is 120 Å². The van der Waals surface area contributed by atoms with E-state index in [-0.39, 0.29) is 16.7 Å². The summed E-state index contributed by atoms with van der Waals surface area (Å²) >= 11 is 0. The van der Waals surface area contributed by atoms with Gasteiger partial charge in [-0.25, -0.2) is 17.8 Å². The zero-order chi connectivity index (χ0) is 33.8. The predicted molar refractivity (Wildman–Crippen MR) is 184 cm³/mol. The van der Waals surface area contributed by atoms with Crippen molar-refractivity contribution in [3.63, 3.8) is 0 Å². The number of aryl methyl sites for hydroxylation is 1. The third kappa shape index (κ3) is 7.92. The fraction of sp³-hybridized carbons (Fsp3) is 0.686. The van der Waals surface area contributed by atoms with Gasteiger partial charge in [0.05, 0.1) is 16.3 Å². The molecule has 1 saturated carbocycles. The molecule has 2 N–H and O–H groups in total. The molecule has 1 aromatic carbocycles. The normalized spacial score (nSPS) is 21.1. The van der Waals surface area contributed by atoms with E-state index in [4.69, 9.17) is 5.10 Å². The number of sulfonamides is 1. The average Bonchev–Trinajstić information content (AvgIpc) is 3.33. The van der Waals surface area contributed by atoms with Crippen LogP contribution in [0, 0.1) is 19.8 Å². The molecule has 3 aliphatic rings. The predicted octanol–water partition coefficient (Wildman–Crippen LogP) is 3.76. The van der Waals surface area contributed by atoms with Gasteiger partial charge >= 0.3 is 0 Å². The number of piperidine rings is 1. The zero-order valence-electron chi connectivity index (χ0n) is 29.1. The van der Waals surface area contributed by atoms with E-state index >= 15 is 0 Å². The summed E-state index contributed by atoms with van der Waals surface area (Å²) < 4.78 is 30.0. The van der Waals surface area contributed by atoms with E-state index < -0.39 is 21.6 Å². The summed E-state index contributed by atoms with van der Waals surface area (Å²) in [5, 5.41) is 8.02. The molecule has 0 radical (unpaired) electrons. The highest BCUT2D eigenvalue weighted by atomic mass is 32.2. The molecular weight excluding hydrogens is 614 g/mol. The molecule has 1 aliphatic carbocycles. The number of carbonyl (C=O) groups excluding carboxylic acids is 2. The fourth-order valence-corrected chi connectivity index (χ4v) is 8.66. The minimum absolute atomic E-state index is 0.0344. The lowest BCUT2D eigenvalue weighted by atomic mass is 9.79. The number of amides is 2. The van der Waals surface area contributed by atoms with Gasteiger partial charge in [0.1, 0.15) is 11.6 Å².